The van der Waals surface area contributed by atoms with Gasteiger partial charge in [-0.15, -0.1) is 0 Å². The smallest absolute Gasteiger partial charge is 0.239 e. The highest BCUT2D eigenvalue weighted by atomic mass is 16.5. The molecule has 0 spiro atoms. The lowest BCUT2D eigenvalue weighted by Gasteiger charge is -2.38. The summed E-state index contributed by atoms with van der Waals surface area (Å²) in [6.45, 7) is 3.65. The van der Waals surface area contributed by atoms with Gasteiger partial charge in [-0.2, -0.15) is 0 Å². The van der Waals surface area contributed by atoms with E-state index in [0.717, 1.165) is 25.9 Å². The van der Waals surface area contributed by atoms with Gasteiger partial charge < -0.3 is 10.5 Å². The van der Waals surface area contributed by atoms with Crippen molar-refractivity contribution >= 4 is 5.91 Å². The first-order valence-corrected chi connectivity index (χ1v) is 7.92. The zero-order valence-corrected chi connectivity index (χ0v) is 12.6. The minimum absolute atomic E-state index is 0.176. The summed E-state index contributed by atoms with van der Waals surface area (Å²) in [4.78, 5) is 14.5. The minimum Gasteiger partial charge on any atom is -0.377 e. The van der Waals surface area contributed by atoms with Crippen LogP contribution in [0.1, 0.15) is 39.0 Å². The van der Waals surface area contributed by atoms with Crippen LogP contribution in [-0.2, 0) is 9.53 Å². The summed E-state index contributed by atoms with van der Waals surface area (Å²) in [6, 6.07) is 0.891. The Hall–Kier alpha value is -0.650. The number of carbonyl (C=O) groups excluding carboxylic acids is 1. The molecule has 3 rings (SSSR count). The monoisotopic (exact) mass is 281 g/mol. The van der Waals surface area contributed by atoms with Crippen molar-refractivity contribution in [2.75, 3.05) is 20.2 Å². The Balaban J connectivity index is 1.72. The Morgan fingerprint density at radius 2 is 2.05 bits per heavy atom. The van der Waals surface area contributed by atoms with Crippen molar-refractivity contribution < 1.29 is 9.53 Å². The average molecular weight is 281 g/mol. The maximum Gasteiger partial charge on any atom is 0.239 e. The Morgan fingerprint density at radius 1 is 1.35 bits per heavy atom. The highest BCUT2D eigenvalue weighted by Gasteiger charge is 2.53. The second-order valence-electron chi connectivity index (χ2n) is 6.88. The third-order valence-corrected chi connectivity index (χ3v) is 5.15. The Labute approximate surface area is 121 Å². The maximum absolute atomic E-state index is 12.2. The van der Waals surface area contributed by atoms with Crippen molar-refractivity contribution in [3.8, 4) is 0 Å². The quantitative estimate of drug-likeness (QED) is 0.712. The molecule has 1 saturated heterocycles. The van der Waals surface area contributed by atoms with E-state index in [2.05, 4.69) is 24.2 Å². The van der Waals surface area contributed by atoms with E-state index < -0.39 is 5.54 Å². The van der Waals surface area contributed by atoms with Crippen molar-refractivity contribution in [3.63, 3.8) is 0 Å². The van der Waals surface area contributed by atoms with Gasteiger partial charge >= 0.3 is 0 Å². The molecule has 1 aliphatic heterocycles. The van der Waals surface area contributed by atoms with Gasteiger partial charge in [-0.25, -0.2) is 0 Å². The van der Waals surface area contributed by atoms with Crippen LogP contribution in [0.2, 0.25) is 0 Å². The molecule has 3 aliphatic rings. The number of nitrogens with one attached hydrogen (secondary N) is 1. The van der Waals surface area contributed by atoms with Crippen LogP contribution in [0.25, 0.3) is 0 Å². The first-order chi connectivity index (χ1) is 9.53. The molecule has 20 heavy (non-hydrogen) atoms. The van der Waals surface area contributed by atoms with Gasteiger partial charge in [-0.05, 0) is 52.0 Å². The zero-order valence-electron chi connectivity index (χ0n) is 12.6. The van der Waals surface area contributed by atoms with Crippen LogP contribution in [0.4, 0.5) is 0 Å². The van der Waals surface area contributed by atoms with Gasteiger partial charge in [0.1, 0.15) is 5.54 Å². The molecule has 0 aromatic rings. The second kappa shape index (κ2) is 5.28. The number of likely N-dealkylation sites (N-methyl/N-ethyl adjacent to an activating group) is 1. The summed E-state index contributed by atoms with van der Waals surface area (Å²) in [6.07, 6.45) is 5.87. The number of nitrogens with zero attached hydrogens (tertiary/aromatic N) is 1. The topological polar surface area (TPSA) is 67.6 Å². The molecule has 3 N–H and O–H groups in total. The molecule has 3 atom stereocenters. The molecule has 5 heteroatoms. The van der Waals surface area contributed by atoms with Crippen molar-refractivity contribution in [2.45, 2.75) is 62.8 Å². The summed E-state index contributed by atoms with van der Waals surface area (Å²) in [7, 11) is 2.10. The summed E-state index contributed by atoms with van der Waals surface area (Å²) in [5, 5.41) is 3.58. The van der Waals surface area contributed by atoms with Crippen LogP contribution < -0.4 is 11.1 Å². The van der Waals surface area contributed by atoms with E-state index in [-0.39, 0.29) is 12.0 Å². The fraction of sp³-hybridized carbons (Fsp3) is 0.933. The third kappa shape index (κ3) is 2.71. The molecule has 0 radical (unpaired) electrons. The van der Waals surface area contributed by atoms with E-state index in [1.165, 1.54) is 12.8 Å². The molecule has 114 valence electrons. The molecule has 0 bridgehead atoms. The summed E-state index contributed by atoms with van der Waals surface area (Å²) in [5.74, 6) is 0.242. The Morgan fingerprint density at radius 3 is 2.50 bits per heavy atom. The molecular formula is C15H27N3O2. The first kappa shape index (κ1) is 14.3. The van der Waals surface area contributed by atoms with Crippen LogP contribution in [0.15, 0.2) is 0 Å². The molecule has 1 heterocycles. The fourth-order valence-electron chi connectivity index (χ4n) is 3.62. The van der Waals surface area contributed by atoms with Crippen LogP contribution in [0, 0.1) is 5.92 Å². The molecule has 5 nitrogen and oxygen atoms in total. The molecule has 0 aromatic heterocycles. The SMILES string of the molecule is CC1OCCC1N(C)CC(NC1CC1)(C(N)=O)C1CC1. The van der Waals surface area contributed by atoms with Crippen LogP contribution in [-0.4, -0.2) is 54.7 Å². The normalized spacial score (nSPS) is 33.4. The first-order valence-electron chi connectivity index (χ1n) is 7.92. The van der Waals surface area contributed by atoms with Gasteiger partial charge in [0, 0.05) is 25.2 Å². The zero-order chi connectivity index (χ0) is 14.3. The molecule has 2 aliphatic carbocycles. The van der Waals surface area contributed by atoms with Gasteiger partial charge in [0.15, 0.2) is 0 Å². The van der Waals surface area contributed by atoms with Crippen molar-refractivity contribution in [1.82, 2.24) is 10.2 Å². The van der Waals surface area contributed by atoms with Crippen LogP contribution in [0.5, 0.6) is 0 Å². The van der Waals surface area contributed by atoms with E-state index in [9.17, 15) is 4.79 Å². The summed E-state index contributed by atoms with van der Waals surface area (Å²) in [5.41, 5.74) is 5.28. The van der Waals surface area contributed by atoms with Gasteiger partial charge in [-0.1, -0.05) is 0 Å². The number of hydrogen-bond donors (Lipinski definition) is 2. The van der Waals surface area contributed by atoms with Crippen molar-refractivity contribution in [3.05, 3.63) is 0 Å². The summed E-state index contributed by atoms with van der Waals surface area (Å²) >= 11 is 0. The highest BCUT2D eigenvalue weighted by molar-refractivity contribution is 5.86. The second-order valence-corrected chi connectivity index (χ2v) is 6.88. The number of hydrogen-bond acceptors (Lipinski definition) is 4. The molecule has 0 aromatic carbocycles. The third-order valence-electron chi connectivity index (χ3n) is 5.15. The largest absolute Gasteiger partial charge is 0.377 e. The Bertz CT molecular complexity index is 381. The highest BCUT2D eigenvalue weighted by Crippen LogP contribution is 2.42. The Kier molecular flexibility index (Phi) is 3.77. The number of ether oxygens (including phenoxy) is 1. The van der Waals surface area contributed by atoms with Crippen LogP contribution in [0.3, 0.4) is 0 Å². The lowest BCUT2D eigenvalue weighted by molar-refractivity contribution is -0.126. The molecule has 1 amide bonds. The number of primary amides is 1. The number of carbonyl (C=O) groups is 1. The van der Waals surface area contributed by atoms with E-state index in [1.54, 1.807) is 0 Å². The van der Waals surface area contributed by atoms with Crippen molar-refractivity contribution in [2.24, 2.45) is 11.7 Å². The molecule has 2 saturated carbocycles. The maximum atomic E-state index is 12.2. The molecule has 3 unspecified atom stereocenters. The van der Waals surface area contributed by atoms with Crippen LogP contribution >= 0.6 is 0 Å². The predicted molar refractivity (Wildman–Crippen MR) is 77.3 cm³/mol. The molecular weight excluding hydrogens is 254 g/mol. The predicted octanol–water partition coefficient (Wildman–Crippen LogP) is 0.482. The number of amides is 1. The lowest BCUT2D eigenvalue weighted by Crippen LogP contribution is -2.64. The minimum atomic E-state index is -0.530. The summed E-state index contributed by atoms with van der Waals surface area (Å²) < 4.78 is 5.65. The lowest BCUT2D eigenvalue weighted by atomic mass is 9.90. The number of rotatable bonds is 7. The van der Waals surface area contributed by atoms with E-state index in [1.807, 2.05) is 0 Å². The van der Waals surface area contributed by atoms with E-state index in [4.69, 9.17) is 10.5 Å². The fourth-order valence-corrected chi connectivity index (χ4v) is 3.62. The van der Waals surface area contributed by atoms with Gasteiger partial charge in [0.25, 0.3) is 0 Å². The standard InChI is InChI=1S/C15H27N3O2/c1-10-13(7-8-20-10)18(2)9-15(14(16)19,11-3-4-11)17-12-5-6-12/h10-13,17H,3-9H2,1-2H3,(H2,16,19). The van der Waals surface area contributed by atoms with E-state index in [0.29, 0.717) is 24.5 Å². The average Bonchev–Trinajstić information content (AvgIpc) is 3.28. The van der Waals surface area contributed by atoms with E-state index >= 15 is 0 Å². The van der Waals surface area contributed by atoms with Crippen molar-refractivity contribution in [1.29, 1.82) is 0 Å². The van der Waals surface area contributed by atoms with Gasteiger partial charge in [-0.3, -0.25) is 15.0 Å². The van der Waals surface area contributed by atoms with Gasteiger partial charge in [0.05, 0.1) is 6.10 Å². The van der Waals surface area contributed by atoms with Gasteiger partial charge in [0.2, 0.25) is 5.91 Å². The number of nitrogens with two attached hydrogens (primary N) is 1. The molecule has 3 fully saturated rings.